The van der Waals surface area contributed by atoms with Crippen LogP contribution in [0.1, 0.15) is 33.0 Å². The summed E-state index contributed by atoms with van der Waals surface area (Å²) >= 11 is 0. The van der Waals surface area contributed by atoms with Gasteiger partial charge < -0.3 is 0 Å². The summed E-state index contributed by atoms with van der Waals surface area (Å²) in [6.45, 7) is 3.74. The Morgan fingerprint density at radius 3 is 2.40 bits per heavy atom. The molecule has 20 heavy (non-hydrogen) atoms. The van der Waals surface area contributed by atoms with Crippen molar-refractivity contribution in [2.75, 3.05) is 0 Å². The van der Waals surface area contributed by atoms with Crippen molar-refractivity contribution < 1.29 is 9.18 Å². The fourth-order valence-electron chi connectivity index (χ4n) is 2.10. The number of hydrogen-bond acceptors (Lipinski definition) is 2. The van der Waals surface area contributed by atoms with E-state index in [4.69, 9.17) is 0 Å². The van der Waals surface area contributed by atoms with Gasteiger partial charge in [-0.3, -0.25) is 4.79 Å². The lowest BCUT2D eigenvalue weighted by Crippen LogP contribution is -2.13. The zero-order valence-electron chi connectivity index (χ0n) is 11.4. The van der Waals surface area contributed by atoms with Crippen LogP contribution in [0.4, 0.5) is 4.39 Å². The van der Waals surface area contributed by atoms with Crippen molar-refractivity contribution in [3.05, 3.63) is 70.5 Å². The predicted octanol–water partition coefficient (Wildman–Crippen LogP) is 3.93. The number of Topliss-reactive ketones (excluding diaryl/α,β-unsaturated/α-hetero) is 1. The molecule has 3 heteroatoms. The molecule has 0 aliphatic rings. The highest BCUT2D eigenvalue weighted by Gasteiger charge is 2.23. The molecule has 0 spiro atoms. The lowest BCUT2D eigenvalue weighted by Gasteiger charge is -2.11. The predicted molar refractivity (Wildman–Crippen MR) is 75.0 cm³/mol. The van der Waals surface area contributed by atoms with Crippen molar-refractivity contribution in [1.82, 2.24) is 0 Å². The molecule has 0 saturated heterocycles. The molecule has 2 nitrogen and oxygen atoms in total. The summed E-state index contributed by atoms with van der Waals surface area (Å²) in [5.41, 5.74) is 2.86. The molecule has 1 unspecified atom stereocenters. The van der Waals surface area contributed by atoms with Crippen molar-refractivity contribution in [1.29, 1.82) is 5.26 Å². The monoisotopic (exact) mass is 267 g/mol. The molecule has 0 heterocycles. The Morgan fingerprint density at radius 1 is 1.15 bits per heavy atom. The van der Waals surface area contributed by atoms with E-state index >= 15 is 0 Å². The van der Waals surface area contributed by atoms with E-state index in [1.165, 1.54) is 24.3 Å². The first-order valence-corrected chi connectivity index (χ1v) is 6.29. The summed E-state index contributed by atoms with van der Waals surface area (Å²) in [6.07, 6.45) is 0. The van der Waals surface area contributed by atoms with Crippen LogP contribution in [0.25, 0.3) is 0 Å². The number of carbonyl (C=O) groups is 1. The topological polar surface area (TPSA) is 40.9 Å². The molecule has 0 aliphatic carbocycles. The van der Waals surface area contributed by atoms with E-state index in [0.717, 1.165) is 11.1 Å². The van der Waals surface area contributed by atoms with Gasteiger partial charge in [-0.2, -0.15) is 5.26 Å². The van der Waals surface area contributed by atoms with Crippen LogP contribution >= 0.6 is 0 Å². The van der Waals surface area contributed by atoms with E-state index in [0.29, 0.717) is 11.1 Å². The minimum atomic E-state index is -0.906. The number of benzene rings is 2. The Hall–Kier alpha value is -2.47. The van der Waals surface area contributed by atoms with Gasteiger partial charge in [0.1, 0.15) is 11.7 Å². The summed E-state index contributed by atoms with van der Waals surface area (Å²) in [6, 6.07) is 13.1. The second kappa shape index (κ2) is 5.66. The number of ketones is 1. The van der Waals surface area contributed by atoms with Crippen molar-refractivity contribution in [2.24, 2.45) is 0 Å². The maximum atomic E-state index is 12.9. The van der Waals surface area contributed by atoms with Crippen LogP contribution in [-0.2, 0) is 0 Å². The summed E-state index contributed by atoms with van der Waals surface area (Å²) in [4.78, 5) is 12.5. The van der Waals surface area contributed by atoms with Crippen LogP contribution in [0, 0.1) is 31.0 Å². The quantitative estimate of drug-likeness (QED) is 0.790. The number of rotatable bonds is 3. The van der Waals surface area contributed by atoms with Crippen LogP contribution in [0.5, 0.6) is 0 Å². The third kappa shape index (κ3) is 2.75. The number of nitriles is 1. The maximum Gasteiger partial charge on any atom is 0.184 e. The largest absolute Gasteiger partial charge is 0.292 e. The lowest BCUT2D eigenvalue weighted by molar-refractivity contribution is 0.0978. The molecule has 0 aliphatic heterocycles. The maximum absolute atomic E-state index is 12.9. The summed E-state index contributed by atoms with van der Waals surface area (Å²) < 4.78 is 12.9. The van der Waals surface area contributed by atoms with Crippen molar-refractivity contribution in [3.63, 3.8) is 0 Å². The number of nitrogens with zero attached hydrogens (tertiary/aromatic N) is 1. The van der Waals surface area contributed by atoms with Gasteiger partial charge in [-0.15, -0.1) is 0 Å². The average Bonchev–Trinajstić information content (AvgIpc) is 2.44. The van der Waals surface area contributed by atoms with E-state index in [1.807, 2.05) is 32.0 Å². The highest BCUT2D eigenvalue weighted by atomic mass is 19.1. The van der Waals surface area contributed by atoms with Crippen molar-refractivity contribution in [3.8, 4) is 6.07 Å². The molecule has 2 rings (SSSR count). The molecule has 0 aromatic heterocycles. The van der Waals surface area contributed by atoms with Crippen molar-refractivity contribution in [2.45, 2.75) is 19.8 Å². The Balaban J connectivity index is 2.42. The third-order valence-electron chi connectivity index (χ3n) is 3.25. The zero-order valence-corrected chi connectivity index (χ0v) is 11.4. The number of carbonyl (C=O) groups excluding carboxylic acids is 1. The fraction of sp³-hybridized carbons (Fsp3) is 0.176. The van der Waals surface area contributed by atoms with Crippen LogP contribution in [0.2, 0.25) is 0 Å². The van der Waals surface area contributed by atoms with Gasteiger partial charge in [-0.05, 0) is 43.2 Å². The summed E-state index contributed by atoms with van der Waals surface area (Å²) in [7, 11) is 0. The molecule has 0 radical (unpaired) electrons. The van der Waals surface area contributed by atoms with Crippen LogP contribution in [-0.4, -0.2) is 5.78 Å². The van der Waals surface area contributed by atoms with Gasteiger partial charge >= 0.3 is 0 Å². The molecular weight excluding hydrogens is 253 g/mol. The lowest BCUT2D eigenvalue weighted by atomic mass is 9.89. The van der Waals surface area contributed by atoms with Gasteiger partial charge in [0.05, 0.1) is 6.07 Å². The van der Waals surface area contributed by atoms with Crippen molar-refractivity contribution >= 4 is 5.78 Å². The van der Waals surface area contributed by atoms with Gasteiger partial charge in [0, 0.05) is 5.56 Å². The first kappa shape index (κ1) is 14.0. The highest BCUT2D eigenvalue weighted by Crippen LogP contribution is 2.23. The standard InChI is InChI=1S/C17H14FNO/c1-11-3-4-12(2)15(9-11)17(20)16(10-19)13-5-7-14(18)8-6-13/h3-9,16H,1-2H3. The van der Waals surface area contributed by atoms with Gasteiger partial charge in [-0.1, -0.05) is 29.8 Å². The van der Waals surface area contributed by atoms with Crippen LogP contribution in [0.15, 0.2) is 42.5 Å². The van der Waals surface area contributed by atoms with Gasteiger partial charge in [0.25, 0.3) is 0 Å². The molecule has 0 saturated carbocycles. The molecule has 0 amide bonds. The third-order valence-corrected chi connectivity index (χ3v) is 3.25. The molecule has 0 bridgehead atoms. The van der Waals surface area contributed by atoms with Gasteiger partial charge in [0.2, 0.25) is 0 Å². The molecule has 0 fully saturated rings. The number of halogens is 1. The second-order valence-corrected chi connectivity index (χ2v) is 4.80. The van der Waals surface area contributed by atoms with E-state index in [1.54, 1.807) is 6.07 Å². The van der Waals surface area contributed by atoms with Crippen LogP contribution in [0.3, 0.4) is 0 Å². The SMILES string of the molecule is Cc1ccc(C)c(C(=O)C(C#N)c2ccc(F)cc2)c1. The summed E-state index contributed by atoms with van der Waals surface area (Å²) in [5.74, 6) is -1.54. The van der Waals surface area contributed by atoms with Gasteiger partial charge in [-0.25, -0.2) is 4.39 Å². The molecule has 100 valence electrons. The Morgan fingerprint density at radius 2 is 1.80 bits per heavy atom. The second-order valence-electron chi connectivity index (χ2n) is 4.80. The van der Waals surface area contributed by atoms with E-state index in [9.17, 15) is 14.4 Å². The molecular formula is C17H14FNO. The first-order valence-electron chi connectivity index (χ1n) is 6.29. The Bertz CT molecular complexity index is 683. The zero-order chi connectivity index (χ0) is 14.7. The van der Waals surface area contributed by atoms with Gasteiger partial charge in [0.15, 0.2) is 5.78 Å². The smallest absolute Gasteiger partial charge is 0.184 e. The first-order chi connectivity index (χ1) is 9.52. The molecule has 0 N–H and O–H groups in total. The molecule has 2 aromatic carbocycles. The summed E-state index contributed by atoms with van der Waals surface area (Å²) in [5, 5.41) is 9.28. The Labute approximate surface area is 117 Å². The number of aryl methyl sites for hydroxylation is 2. The van der Waals surface area contributed by atoms with E-state index < -0.39 is 5.92 Å². The normalized spacial score (nSPS) is 11.7. The molecule has 2 aromatic rings. The van der Waals surface area contributed by atoms with E-state index in [-0.39, 0.29) is 11.6 Å². The highest BCUT2D eigenvalue weighted by molar-refractivity contribution is 6.03. The average molecular weight is 267 g/mol. The minimum absolute atomic E-state index is 0.250. The number of hydrogen-bond donors (Lipinski definition) is 0. The van der Waals surface area contributed by atoms with E-state index in [2.05, 4.69) is 0 Å². The molecule has 1 atom stereocenters. The minimum Gasteiger partial charge on any atom is -0.292 e. The fourth-order valence-corrected chi connectivity index (χ4v) is 2.10. The van der Waals surface area contributed by atoms with Crippen LogP contribution < -0.4 is 0 Å². The Kier molecular flexibility index (Phi) is 3.95.